The molecule has 0 aliphatic carbocycles. The quantitative estimate of drug-likeness (QED) is 0.787. The first-order valence-electron chi connectivity index (χ1n) is 5.35. The van der Waals surface area contributed by atoms with Gasteiger partial charge in [0.1, 0.15) is 0 Å². The van der Waals surface area contributed by atoms with Gasteiger partial charge >= 0.3 is 5.97 Å². The van der Waals surface area contributed by atoms with E-state index in [1.54, 1.807) is 18.5 Å². The zero-order valence-electron chi connectivity index (χ0n) is 9.68. The molecule has 0 saturated carbocycles. The lowest BCUT2D eigenvalue weighted by atomic mass is 9.73. The van der Waals surface area contributed by atoms with Crippen molar-refractivity contribution < 1.29 is 9.90 Å². The number of hydrogen-bond donors (Lipinski definition) is 2. The normalized spacial score (nSPS) is 14.8. The summed E-state index contributed by atoms with van der Waals surface area (Å²) in [4.78, 5) is 15.4. The molecule has 0 fully saturated rings. The van der Waals surface area contributed by atoms with Gasteiger partial charge in [0.25, 0.3) is 0 Å². The Balaban J connectivity index is 3.00. The predicted octanol–water partition coefficient (Wildman–Crippen LogP) is 1.31. The fourth-order valence-electron chi connectivity index (χ4n) is 1.79. The number of aromatic nitrogens is 1. The molecule has 1 atom stereocenters. The third-order valence-corrected chi connectivity index (χ3v) is 3.14. The highest BCUT2D eigenvalue weighted by atomic mass is 16.4. The van der Waals surface area contributed by atoms with E-state index in [2.05, 4.69) is 4.98 Å². The topological polar surface area (TPSA) is 76.2 Å². The molecule has 1 heterocycles. The van der Waals surface area contributed by atoms with Crippen LogP contribution in [0.2, 0.25) is 0 Å². The molecule has 1 rings (SSSR count). The van der Waals surface area contributed by atoms with E-state index in [1.165, 1.54) is 0 Å². The Hall–Kier alpha value is -1.42. The van der Waals surface area contributed by atoms with Crippen molar-refractivity contribution in [1.29, 1.82) is 0 Å². The number of carbonyl (C=O) groups is 1. The number of aliphatic carboxylic acids is 1. The molecule has 3 N–H and O–H groups in total. The smallest absolute Gasteiger partial charge is 0.311 e. The van der Waals surface area contributed by atoms with Crippen molar-refractivity contribution in [3.05, 3.63) is 30.1 Å². The van der Waals surface area contributed by atoms with Crippen molar-refractivity contribution in [1.82, 2.24) is 4.98 Å². The van der Waals surface area contributed by atoms with Crippen molar-refractivity contribution in [2.75, 3.05) is 6.54 Å². The van der Waals surface area contributed by atoms with Gasteiger partial charge in [0.05, 0.1) is 5.41 Å². The van der Waals surface area contributed by atoms with Gasteiger partial charge in [-0.05, 0) is 24.0 Å². The Labute approximate surface area is 95.5 Å². The zero-order chi connectivity index (χ0) is 12.2. The van der Waals surface area contributed by atoms with Crippen molar-refractivity contribution in [2.45, 2.75) is 20.3 Å². The lowest BCUT2D eigenvalue weighted by molar-refractivity contribution is -0.151. The molecule has 0 aliphatic rings. The molecule has 1 aromatic heterocycles. The van der Waals surface area contributed by atoms with E-state index in [-0.39, 0.29) is 12.5 Å². The minimum Gasteiger partial charge on any atom is -0.481 e. The molecule has 16 heavy (non-hydrogen) atoms. The maximum Gasteiger partial charge on any atom is 0.311 e. The maximum absolute atomic E-state index is 11.4. The summed E-state index contributed by atoms with van der Waals surface area (Å²) >= 11 is 0. The second kappa shape index (κ2) is 5.07. The lowest BCUT2D eigenvalue weighted by Gasteiger charge is -2.32. The summed E-state index contributed by atoms with van der Waals surface area (Å²) in [5, 5.41) is 9.36. The van der Waals surface area contributed by atoms with E-state index < -0.39 is 11.4 Å². The molecule has 0 amide bonds. The van der Waals surface area contributed by atoms with Gasteiger partial charge in [0.15, 0.2) is 0 Å². The molecule has 0 aromatic carbocycles. The van der Waals surface area contributed by atoms with Crippen molar-refractivity contribution in [3.63, 3.8) is 0 Å². The van der Waals surface area contributed by atoms with Crippen molar-refractivity contribution >= 4 is 5.97 Å². The van der Waals surface area contributed by atoms with Crippen LogP contribution < -0.4 is 5.73 Å². The van der Waals surface area contributed by atoms with Crippen LogP contribution in [0.4, 0.5) is 0 Å². The molecule has 0 aliphatic heterocycles. The number of nitrogens with zero attached hydrogens (tertiary/aromatic N) is 1. The van der Waals surface area contributed by atoms with E-state index in [0.717, 1.165) is 5.56 Å². The first-order chi connectivity index (χ1) is 7.53. The van der Waals surface area contributed by atoms with Crippen molar-refractivity contribution in [3.8, 4) is 0 Å². The highest BCUT2D eigenvalue weighted by Gasteiger charge is 2.40. The van der Waals surface area contributed by atoms with Crippen LogP contribution in [0.15, 0.2) is 24.5 Å². The Morgan fingerprint density at radius 3 is 2.69 bits per heavy atom. The molecule has 88 valence electrons. The summed E-state index contributed by atoms with van der Waals surface area (Å²) in [7, 11) is 0. The molecule has 1 aromatic rings. The number of carboxylic acid groups (broad SMARTS) is 1. The highest BCUT2D eigenvalue weighted by molar-refractivity contribution is 5.75. The second-order valence-corrected chi connectivity index (χ2v) is 4.36. The van der Waals surface area contributed by atoms with Gasteiger partial charge in [-0.25, -0.2) is 0 Å². The average molecular weight is 222 g/mol. The molecule has 0 saturated heterocycles. The van der Waals surface area contributed by atoms with E-state index in [1.807, 2.05) is 19.9 Å². The molecule has 0 spiro atoms. The summed E-state index contributed by atoms with van der Waals surface area (Å²) in [6, 6.07) is 3.68. The van der Waals surface area contributed by atoms with E-state index in [4.69, 9.17) is 5.73 Å². The minimum absolute atomic E-state index is 0.0183. The van der Waals surface area contributed by atoms with Crippen LogP contribution in [0.25, 0.3) is 0 Å². The number of hydrogen-bond acceptors (Lipinski definition) is 3. The van der Waals surface area contributed by atoms with E-state index >= 15 is 0 Å². The SMILES string of the molecule is CC(C)C(CN)(Cc1cccnc1)C(=O)O. The van der Waals surface area contributed by atoms with E-state index in [9.17, 15) is 9.90 Å². The fraction of sp³-hybridized carbons (Fsp3) is 0.500. The van der Waals surface area contributed by atoms with Gasteiger partial charge in [-0.1, -0.05) is 19.9 Å². The van der Waals surface area contributed by atoms with Crippen LogP contribution in [-0.4, -0.2) is 22.6 Å². The van der Waals surface area contributed by atoms with Gasteiger partial charge < -0.3 is 10.8 Å². The zero-order valence-corrected chi connectivity index (χ0v) is 9.68. The van der Waals surface area contributed by atoms with Gasteiger partial charge in [-0.3, -0.25) is 9.78 Å². The molecule has 0 bridgehead atoms. The summed E-state index contributed by atoms with van der Waals surface area (Å²) in [6.07, 6.45) is 3.78. The Morgan fingerprint density at radius 1 is 1.62 bits per heavy atom. The van der Waals surface area contributed by atoms with Gasteiger partial charge in [0, 0.05) is 18.9 Å². The summed E-state index contributed by atoms with van der Waals surface area (Å²) in [5.41, 5.74) is 5.66. The first kappa shape index (κ1) is 12.6. The number of nitrogens with two attached hydrogens (primary N) is 1. The lowest BCUT2D eigenvalue weighted by Crippen LogP contribution is -2.45. The average Bonchev–Trinajstić information content (AvgIpc) is 2.26. The van der Waals surface area contributed by atoms with Crippen LogP contribution in [0, 0.1) is 11.3 Å². The van der Waals surface area contributed by atoms with Crippen LogP contribution in [0.1, 0.15) is 19.4 Å². The van der Waals surface area contributed by atoms with Crippen LogP contribution in [0.5, 0.6) is 0 Å². The standard InChI is InChI=1S/C12H18N2O2/c1-9(2)12(8-13,11(15)16)6-10-4-3-5-14-7-10/h3-5,7,9H,6,8,13H2,1-2H3,(H,15,16). The Bertz CT molecular complexity index is 351. The Morgan fingerprint density at radius 2 is 2.31 bits per heavy atom. The number of rotatable bonds is 5. The molecule has 4 nitrogen and oxygen atoms in total. The minimum atomic E-state index is -0.900. The molecule has 4 heteroatoms. The third kappa shape index (κ3) is 2.39. The second-order valence-electron chi connectivity index (χ2n) is 4.36. The number of pyridine rings is 1. The molecule has 0 radical (unpaired) electrons. The first-order valence-corrected chi connectivity index (χ1v) is 5.35. The van der Waals surface area contributed by atoms with Crippen LogP contribution >= 0.6 is 0 Å². The van der Waals surface area contributed by atoms with E-state index in [0.29, 0.717) is 6.42 Å². The van der Waals surface area contributed by atoms with Gasteiger partial charge in [-0.15, -0.1) is 0 Å². The molecular formula is C12H18N2O2. The van der Waals surface area contributed by atoms with Gasteiger partial charge in [-0.2, -0.15) is 0 Å². The van der Waals surface area contributed by atoms with Crippen LogP contribution in [0.3, 0.4) is 0 Å². The predicted molar refractivity (Wildman–Crippen MR) is 61.9 cm³/mol. The molecule has 1 unspecified atom stereocenters. The highest BCUT2D eigenvalue weighted by Crippen LogP contribution is 2.31. The largest absolute Gasteiger partial charge is 0.481 e. The third-order valence-electron chi connectivity index (χ3n) is 3.14. The van der Waals surface area contributed by atoms with Crippen molar-refractivity contribution in [2.24, 2.45) is 17.1 Å². The summed E-state index contributed by atoms with van der Waals surface area (Å²) in [5.74, 6) is -0.857. The molecular weight excluding hydrogens is 204 g/mol. The summed E-state index contributed by atoms with van der Waals surface area (Å²) < 4.78 is 0. The van der Waals surface area contributed by atoms with Gasteiger partial charge in [0.2, 0.25) is 0 Å². The van der Waals surface area contributed by atoms with Crippen LogP contribution in [-0.2, 0) is 11.2 Å². The summed E-state index contributed by atoms with van der Waals surface area (Å²) in [6.45, 7) is 3.91. The fourth-order valence-corrected chi connectivity index (χ4v) is 1.79. The Kier molecular flexibility index (Phi) is 4.01. The maximum atomic E-state index is 11.4. The number of carboxylic acids is 1. The monoisotopic (exact) mass is 222 g/mol.